The van der Waals surface area contributed by atoms with Crippen LogP contribution in [-0.4, -0.2) is 54.8 Å². The molecule has 2 aliphatic rings. The Morgan fingerprint density at radius 1 is 1.14 bits per heavy atom. The van der Waals surface area contributed by atoms with E-state index in [1.165, 1.54) is 0 Å². The average Bonchev–Trinajstić information content (AvgIpc) is 2.86. The smallest absolute Gasteiger partial charge is 0.244 e. The van der Waals surface area contributed by atoms with Crippen molar-refractivity contribution in [2.24, 2.45) is 5.41 Å². The Hall–Kier alpha value is -1.14. The zero-order chi connectivity index (χ0) is 15.7. The van der Waals surface area contributed by atoms with E-state index in [0.717, 1.165) is 0 Å². The van der Waals surface area contributed by atoms with E-state index in [9.17, 15) is 9.59 Å². The Bertz CT molecular complexity index is 400. The lowest BCUT2D eigenvalue weighted by Gasteiger charge is -2.38. The second-order valence-corrected chi connectivity index (χ2v) is 6.88. The van der Waals surface area contributed by atoms with Gasteiger partial charge in [0.05, 0.1) is 13.2 Å². The van der Waals surface area contributed by atoms with E-state index >= 15 is 0 Å². The summed E-state index contributed by atoms with van der Waals surface area (Å²) in [4.78, 5) is 26.1. The largest absolute Gasteiger partial charge is 0.347 e. The second kappa shape index (κ2) is 5.93. The van der Waals surface area contributed by atoms with Gasteiger partial charge in [-0.05, 0) is 6.92 Å². The summed E-state index contributed by atoms with van der Waals surface area (Å²) in [5, 5.41) is 2.79. The molecule has 6 nitrogen and oxygen atoms in total. The van der Waals surface area contributed by atoms with Crippen LogP contribution in [0.3, 0.4) is 0 Å². The third kappa shape index (κ3) is 3.74. The zero-order valence-electron chi connectivity index (χ0n) is 13.4. The second-order valence-electron chi connectivity index (χ2n) is 6.88. The van der Waals surface area contributed by atoms with E-state index in [-0.39, 0.29) is 11.8 Å². The highest BCUT2D eigenvalue weighted by Gasteiger charge is 2.41. The number of hydrogen-bond acceptors (Lipinski definition) is 4. The summed E-state index contributed by atoms with van der Waals surface area (Å²) in [5.74, 6) is -0.631. The number of nitrogens with one attached hydrogen (secondary N) is 1. The Morgan fingerprint density at radius 2 is 1.67 bits per heavy atom. The molecule has 2 heterocycles. The van der Waals surface area contributed by atoms with Crippen molar-refractivity contribution in [1.29, 1.82) is 0 Å². The molecule has 0 saturated carbocycles. The van der Waals surface area contributed by atoms with Crippen molar-refractivity contribution in [3.05, 3.63) is 0 Å². The summed E-state index contributed by atoms with van der Waals surface area (Å²) in [6.07, 6.45) is 1.39. The maximum absolute atomic E-state index is 12.4. The lowest BCUT2D eigenvalue weighted by Crippen LogP contribution is -2.54. The maximum Gasteiger partial charge on any atom is 0.244 e. The minimum absolute atomic E-state index is 0.0413. The van der Waals surface area contributed by atoms with Gasteiger partial charge in [0.25, 0.3) is 0 Å². The lowest BCUT2D eigenvalue weighted by atomic mass is 9.95. The Kier molecular flexibility index (Phi) is 4.58. The van der Waals surface area contributed by atoms with Crippen molar-refractivity contribution in [2.45, 2.75) is 52.4 Å². The van der Waals surface area contributed by atoms with Crippen LogP contribution in [0.15, 0.2) is 0 Å². The molecule has 0 aromatic carbocycles. The fraction of sp³-hybridized carbons (Fsp3) is 0.867. The number of rotatable bonds is 2. The van der Waals surface area contributed by atoms with Gasteiger partial charge >= 0.3 is 0 Å². The number of carbonyl (C=O) groups excluding carboxylic acids is 2. The zero-order valence-corrected chi connectivity index (χ0v) is 13.4. The van der Waals surface area contributed by atoms with Gasteiger partial charge in [0.15, 0.2) is 5.79 Å². The lowest BCUT2D eigenvalue weighted by molar-refractivity contribution is -0.188. The fourth-order valence-corrected chi connectivity index (χ4v) is 2.60. The minimum Gasteiger partial charge on any atom is -0.347 e. The van der Waals surface area contributed by atoms with E-state index in [1.807, 2.05) is 20.8 Å². The normalized spacial score (nSPS) is 23.1. The van der Waals surface area contributed by atoms with Crippen molar-refractivity contribution in [1.82, 2.24) is 10.2 Å². The summed E-state index contributed by atoms with van der Waals surface area (Å²) in [5.41, 5.74) is -0.494. The van der Waals surface area contributed by atoms with Crippen molar-refractivity contribution in [2.75, 3.05) is 26.3 Å². The maximum atomic E-state index is 12.4. The summed E-state index contributed by atoms with van der Waals surface area (Å²) >= 11 is 0. The van der Waals surface area contributed by atoms with Crippen LogP contribution in [0.2, 0.25) is 0 Å². The number of ether oxygens (including phenoxy) is 2. The number of likely N-dealkylation sites (tertiary alicyclic amines) is 1. The highest BCUT2D eigenvalue weighted by atomic mass is 16.7. The SMILES string of the molecule is CC(NC(=O)C(C)(C)C)C(=O)N1CCC2(CC1)OCCO2. The topological polar surface area (TPSA) is 67.9 Å². The molecule has 2 aliphatic heterocycles. The summed E-state index contributed by atoms with van der Waals surface area (Å²) in [6, 6.07) is -0.504. The van der Waals surface area contributed by atoms with Crippen LogP contribution >= 0.6 is 0 Å². The van der Waals surface area contributed by atoms with E-state index in [1.54, 1.807) is 11.8 Å². The first kappa shape index (κ1) is 16.2. The minimum atomic E-state index is -0.504. The molecule has 1 atom stereocenters. The van der Waals surface area contributed by atoms with Gasteiger partial charge in [0.1, 0.15) is 6.04 Å². The van der Waals surface area contributed by atoms with Crippen molar-refractivity contribution < 1.29 is 19.1 Å². The molecule has 0 aromatic heterocycles. The van der Waals surface area contributed by atoms with Crippen LogP contribution in [0, 0.1) is 5.41 Å². The first-order valence-corrected chi connectivity index (χ1v) is 7.61. The molecule has 120 valence electrons. The molecule has 0 aliphatic carbocycles. The van der Waals surface area contributed by atoms with Crippen molar-refractivity contribution >= 4 is 11.8 Å². The van der Waals surface area contributed by atoms with Crippen LogP contribution in [0.1, 0.15) is 40.5 Å². The Morgan fingerprint density at radius 3 is 2.14 bits per heavy atom. The van der Waals surface area contributed by atoms with Gasteiger partial charge < -0.3 is 19.7 Å². The predicted octanol–water partition coefficient (Wildman–Crippen LogP) is 0.903. The summed E-state index contributed by atoms with van der Waals surface area (Å²) < 4.78 is 11.3. The molecular formula is C15H26N2O4. The van der Waals surface area contributed by atoms with Crippen LogP contribution in [0.25, 0.3) is 0 Å². The molecule has 21 heavy (non-hydrogen) atoms. The molecule has 1 N–H and O–H groups in total. The van der Waals surface area contributed by atoms with Gasteiger partial charge in [-0.2, -0.15) is 0 Å². The Balaban J connectivity index is 1.85. The van der Waals surface area contributed by atoms with Gasteiger partial charge in [-0.3, -0.25) is 9.59 Å². The average molecular weight is 298 g/mol. The van der Waals surface area contributed by atoms with E-state index in [0.29, 0.717) is 39.1 Å². The number of amides is 2. The van der Waals surface area contributed by atoms with Gasteiger partial charge in [-0.25, -0.2) is 0 Å². The number of carbonyl (C=O) groups is 2. The van der Waals surface area contributed by atoms with Crippen molar-refractivity contribution in [3.8, 4) is 0 Å². The van der Waals surface area contributed by atoms with Gasteiger partial charge in [-0.15, -0.1) is 0 Å². The van der Waals surface area contributed by atoms with Crippen LogP contribution in [-0.2, 0) is 19.1 Å². The standard InChI is InChI=1S/C15H26N2O4/c1-11(16-13(19)14(2,3)4)12(18)17-7-5-15(6-8-17)20-9-10-21-15/h11H,5-10H2,1-4H3,(H,16,19). The molecule has 1 spiro atoms. The third-order valence-electron chi connectivity index (χ3n) is 4.05. The van der Waals surface area contributed by atoms with E-state index < -0.39 is 17.2 Å². The third-order valence-corrected chi connectivity index (χ3v) is 4.05. The highest BCUT2D eigenvalue weighted by Crippen LogP contribution is 2.31. The van der Waals surface area contributed by atoms with E-state index in [2.05, 4.69) is 5.32 Å². The van der Waals surface area contributed by atoms with Gasteiger partial charge in [0.2, 0.25) is 11.8 Å². The van der Waals surface area contributed by atoms with Crippen molar-refractivity contribution in [3.63, 3.8) is 0 Å². The number of nitrogens with zero attached hydrogens (tertiary/aromatic N) is 1. The molecule has 6 heteroatoms. The molecule has 0 bridgehead atoms. The van der Waals surface area contributed by atoms with Crippen LogP contribution in [0.5, 0.6) is 0 Å². The monoisotopic (exact) mass is 298 g/mol. The highest BCUT2D eigenvalue weighted by molar-refractivity contribution is 5.89. The molecule has 1 unspecified atom stereocenters. The first-order valence-electron chi connectivity index (χ1n) is 7.61. The molecular weight excluding hydrogens is 272 g/mol. The summed E-state index contributed by atoms with van der Waals surface area (Å²) in [7, 11) is 0. The molecule has 2 saturated heterocycles. The summed E-state index contributed by atoms with van der Waals surface area (Å²) in [6.45, 7) is 9.71. The van der Waals surface area contributed by atoms with Gasteiger partial charge in [-0.1, -0.05) is 20.8 Å². The van der Waals surface area contributed by atoms with Crippen LogP contribution in [0.4, 0.5) is 0 Å². The Labute approximate surface area is 126 Å². The molecule has 0 radical (unpaired) electrons. The number of piperidine rings is 1. The molecule has 2 rings (SSSR count). The van der Waals surface area contributed by atoms with Gasteiger partial charge in [0, 0.05) is 31.3 Å². The fourth-order valence-electron chi connectivity index (χ4n) is 2.60. The molecule has 0 aromatic rings. The molecule has 2 fully saturated rings. The predicted molar refractivity (Wildman–Crippen MR) is 77.5 cm³/mol. The quantitative estimate of drug-likeness (QED) is 0.822. The first-order chi connectivity index (χ1) is 9.73. The number of hydrogen-bond donors (Lipinski definition) is 1. The van der Waals surface area contributed by atoms with E-state index in [4.69, 9.17) is 9.47 Å². The van der Waals surface area contributed by atoms with Crippen LogP contribution < -0.4 is 5.32 Å². The molecule has 2 amide bonds.